The predicted octanol–water partition coefficient (Wildman–Crippen LogP) is 2.30. The minimum Gasteiger partial charge on any atom is -0.354 e. The van der Waals surface area contributed by atoms with Crippen LogP contribution in [0.2, 0.25) is 0 Å². The van der Waals surface area contributed by atoms with E-state index in [1.165, 1.54) is 4.57 Å². The number of nitrogens with zero attached hydrogens (tertiary/aromatic N) is 5. The average molecular weight is 433 g/mol. The summed E-state index contributed by atoms with van der Waals surface area (Å²) in [6.07, 6.45) is 4.03. The van der Waals surface area contributed by atoms with Crippen LogP contribution in [0.5, 0.6) is 0 Å². The topological polar surface area (TPSA) is 93.0 Å². The zero-order valence-corrected chi connectivity index (χ0v) is 18.3. The molecule has 1 aliphatic heterocycles. The Labute approximate surface area is 187 Å². The third-order valence-corrected chi connectivity index (χ3v) is 5.79. The summed E-state index contributed by atoms with van der Waals surface area (Å²) in [4.78, 5) is 31.2. The molecule has 0 saturated carbocycles. The molecule has 166 valence electrons. The molecule has 8 nitrogen and oxygen atoms in total. The normalized spacial score (nSPS) is 16.0. The van der Waals surface area contributed by atoms with E-state index in [-0.39, 0.29) is 17.4 Å². The van der Waals surface area contributed by atoms with Gasteiger partial charge in [-0.2, -0.15) is 0 Å². The molecule has 3 aromatic rings. The Morgan fingerprint density at radius 2 is 2.00 bits per heavy atom. The summed E-state index contributed by atoms with van der Waals surface area (Å²) in [6, 6.07) is 15.4. The summed E-state index contributed by atoms with van der Waals surface area (Å²) in [7, 11) is 0. The lowest BCUT2D eigenvalue weighted by atomic mass is 9.97. The number of carbonyl (C=O) groups excluding carboxylic acids is 1. The van der Waals surface area contributed by atoms with E-state index in [0.717, 1.165) is 48.6 Å². The Kier molecular flexibility index (Phi) is 6.89. The van der Waals surface area contributed by atoms with Gasteiger partial charge in [-0.1, -0.05) is 37.3 Å². The van der Waals surface area contributed by atoms with E-state index in [4.69, 9.17) is 0 Å². The highest BCUT2D eigenvalue weighted by molar-refractivity contribution is 5.79. The van der Waals surface area contributed by atoms with Crippen molar-refractivity contribution in [2.24, 2.45) is 5.92 Å². The van der Waals surface area contributed by atoms with Gasteiger partial charge in [-0.25, -0.2) is 4.98 Å². The molecule has 1 atom stereocenters. The fourth-order valence-electron chi connectivity index (χ4n) is 3.92. The lowest BCUT2D eigenvalue weighted by Gasteiger charge is -2.32. The van der Waals surface area contributed by atoms with Gasteiger partial charge < -0.3 is 10.2 Å². The van der Waals surface area contributed by atoms with E-state index in [1.54, 1.807) is 12.4 Å². The SMILES string of the molecule is CCc1cc(=O)n(CCNC(=O)C2CCCN(c3ccc(-c4ccccc4)nn3)C2)cn1. The molecule has 0 spiro atoms. The molecule has 2 aromatic heterocycles. The molecule has 1 fully saturated rings. The van der Waals surface area contributed by atoms with Gasteiger partial charge in [0, 0.05) is 43.5 Å². The first kappa shape index (κ1) is 21.7. The standard InChI is InChI=1S/C24H28N6O2/c1-2-20-15-23(31)30(17-26-20)14-12-25-24(32)19-9-6-13-29(16-19)22-11-10-21(27-28-22)18-7-4-3-5-8-18/h3-5,7-8,10-11,15,17,19H,2,6,9,12-14,16H2,1H3,(H,25,32). The second kappa shape index (κ2) is 10.2. The second-order valence-electron chi connectivity index (χ2n) is 7.98. The first-order chi connectivity index (χ1) is 15.6. The van der Waals surface area contributed by atoms with E-state index in [9.17, 15) is 9.59 Å². The monoisotopic (exact) mass is 432 g/mol. The molecule has 1 aromatic carbocycles. The Balaban J connectivity index is 1.31. The van der Waals surface area contributed by atoms with E-state index in [1.807, 2.05) is 49.4 Å². The third-order valence-electron chi connectivity index (χ3n) is 5.79. The molecular weight excluding hydrogens is 404 g/mol. The first-order valence-corrected chi connectivity index (χ1v) is 11.1. The number of carbonyl (C=O) groups is 1. The molecule has 0 radical (unpaired) electrons. The highest BCUT2D eigenvalue weighted by atomic mass is 16.2. The van der Waals surface area contributed by atoms with Crippen LogP contribution >= 0.6 is 0 Å². The van der Waals surface area contributed by atoms with Crippen molar-refractivity contribution in [2.45, 2.75) is 32.7 Å². The van der Waals surface area contributed by atoms with Gasteiger partial charge in [-0.15, -0.1) is 10.2 Å². The van der Waals surface area contributed by atoms with Crippen molar-refractivity contribution >= 4 is 11.7 Å². The van der Waals surface area contributed by atoms with Crippen LogP contribution in [0.3, 0.4) is 0 Å². The van der Waals surface area contributed by atoms with E-state index < -0.39 is 0 Å². The highest BCUT2D eigenvalue weighted by Gasteiger charge is 2.26. The predicted molar refractivity (Wildman–Crippen MR) is 123 cm³/mol. The molecule has 1 N–H and O–H groups in total. The van der Waals surface area contributed by atoms with E-state index >= 15 is 0 Å². The van der Waals surface area contributed by atoms with Crippen LogP contribution < -0.4 is 15.8 Å². The van der Waals surface area contributed by atoms with Gasteiger partial charge >= 0.3 is 0 Å². The maximum absolute atomic E-state index is 12.7. The van der Waals surface area contributed by atoms with Crippen LogP contribution in [0.15, 0.2) is 59.7 Å². The molecule has 1 aliphatic rings. The summed E-state index contributed by atoms with van der Waals surface area (Å²) in [6.45, 7) is 4.23. The van der Waals surface area contributed by atoms with Gasteiger partial charge in [-0.05, 0) is 31.4 Å². The lowest BCUT2D eigenvalue weighted by Crippen LogP contribution is -2.44. The number of rotatable bonds is 7. The van der Waals surface area contributed by atoms with Crippen molar-refractivity contribution in [3.8, 4) is 11.3 Å². The van der Waals surface area contributed by atoms with Crippen LogP contribution in [0.25, 0.3) is 11.3 Å². The molecule has 4 rings (SSSR count). The Hall–Kier alpha value is -3.55. The fourth-order valence-corrected chi connectivity index (χ4v) is 3.92. The molecule has 32 heavy (non-hydrogen) atoms. The third kappa shape index (κ3) is 5.19. The highest BCUT2D eigenvalue weighted by Crippen LogP contribution is 2.23. The minimum atomic E-state index is -0.114. The quantitative estimate of drug-likeness (QED) is 0.616. The minimum absolute atomic E-state index is 0.00903. The van der Waals surface area contributed by atoms with Gasteiger partial charge in [0.15, 0.2) is 5.82 Å². The largest absolute Gasteiger partial charge is 0.354 e. The number of benzene rings is 1. The fraction of sp³-hybridized carbons (Fsp3) is 0.375. The van der Waals surface area contributed by atoms with Crippen LogP contribution in [-0.4, -0.2) is 45.3 Å². The number of hydrogen-bond donors (Lipinski definition) is 1. The zero-order valence-electron chi connectivity index (χ0n) is 18.3. The maximum atomic E-state index is 12.7. The smallest absolute Gasteiger partial charge is 0.253 e. The number of aryl methyl sites for hydroxylation is 1. The molecular formula is C24H28N6O2. The summed E-state index contributed by atoms with van der Waals surface area (Å²) in [5.41, 5.74) is 2.54. The number of piperidine rings is 1. The number of hydrogen-bond acceptors (Lipinski definition) is 6. The summed E-state index contributed by atoms with van der Waals surface area (Å²) in [5, 5.41) is 11.7. The van der Waals surface area contributed by atoms with Gasteiger partial charge in [0.2, 0.25) is 5.91 Å². The van der Waals surface area contributed by atoms with Crippen molar-refractivity contribution in [3.05, 3.63) is 70.9 Å². The van der Waals surface area contributed by atoms with Gasteiger partial charge in [0.05, 0.1) is 17.9 Å². The second-order valence-corrected chi connectivity index (χ2v) is 7.98. The summed E-state index contributed by atoms with van der Waals surface area (Å²) >= 11 is 0. The number of anilines is 1. The molecule has 0 aliphatic carbocycles. The Morgan fingerprint density at radius 1 is 1.16 bits per heavy atom. The van der Waals surface area contributed by atoms with Crippen molar-refractivity contribution in [2.75, 3.05) is 24.5 Å². The number of nitrogens with one attached hydrogen (secondary N) is 1. The maximum Gasteiger partial charge on any atom is 0.253 e. The van der Waals surface area contributed by atoms with Gasteiger partial charge in [0.25, 0.3) is 5.56 Å². The van der Waals surface area contributed by atoms with Crippen molar-refractivity contribution < 1.29 is 4.79 Å². The Bertz CT molecular complexity index is 1100. The van der Waals surface area contributed by atoms with Crippen LogP contribution in [0, 0.1) is 5.92 Å². The van der Waals surface area contributed by atoms with E-state index in [2.05, 4.69) is 25.4 Å². The van der Waals surface area contributed by atoms with Crippen molar-refractivity contribution in [1.29, 1.82) is 0 Å². The molecule has 1 amide bonds. The van der Waals surface area contributed by atoms with Crippen LogP contribution in [-0.2, 0) is 17.8 Å². The molecule has 0 bridgehead atoms. The first-order valence-electron chi connectivity index (χ1n) is 11.1. The molecule has 8 heteroatoms. The van der Waals surface area contributed by atoms with Gasteiger partial charge in [-0.3, -0.25) is 14.2 Å². The number of aromatic nitrogens is 4. The molecule has 1 unspecified atom stereocenters. The number of amides is 1. The van der Waals surface area contributed by atoms with Crippen molar-refractivity contribution in [1.82, 2.24) is 25.1 Å². The lowest BCUT2D eigenvalue weighted by molar-refractivity contribution is -0.125. The average Bonchev–Trinajstić information content (AvgIpc) is 2.85. The van der Waals surface area contributed by atoms with Crippen LogP contribution in [0.1, 0.15) is 25.5 Å². The summed E-state index contributed by atoms with van der Waals surface area (Å²) in [5.74, 6) is 0.683. The summed E-state index contributed by atoms with van der Waals surface area (Å²) < 4.78 is 1.52. The zero-order chi connectivity index (χ0) is 22.3. The Morgan fingerprint density at radius 3 is 2.72 bits per heavy atom. The van der Waals surface area contributed by atoms with Crippen molar-refractivity contribution in [3.63, 3.8) is 0 Å². The van der Waals surface area contributed by atoms with E-state index in [0.29, 0.717) is 19.6 Å². The molecule has 3 heterocycles. The van der Waals surface area contributed by atoms with Gasteiger partial charge in [0.1, 0.15) is 0 Å². The molecule has 1 saturated heterocycles. The van der Waals surface area contributed by atoms with Crippen LogP contribution in [0.4, 0.5) is 5.82 Å².